The molecule has 0 saturated carbocycles. The van der Waals surface area contributed by atoms with Crippen LogP contribution in [0.15, 0.2) is 70.6 Å². The molecule has 2 aromatic rings. The van der Waals surface area contributed by atoms with Crippen molar-refractivity contribution in [2.24, 2.45) is 4.99 Å². The molecule has 0 atom stereocenters. The Bertz CT molecular complexity index is 683. The third-order valence-corrected chi connectivity index (χ3v) is 4.62. The Morgan fingerprint density at radius 3 is 2.22 bits per heavy atom. The van der Waals surface area contributed by atoms with E-state index in [1.54, 1.807) is 18.8 Å². The van der Waals surface area contributed by atoms with Crippen LogP contribution in [-0.2, 0) is 11.3 Å². The summed E-state index contributed by atoms with van der Waals surface area (Å²) in [4.78, 5) is 17.3. The molecule has 2 aromatic carbocycles. The van der Waals surface area contributed by atoms with Crippen LogP contribution in [0.1, 0.15) is 12.0 Å². The highest BCUT2D eigenvalue weighted by molar-refractivity contribution is 14.0. The van der Waals surface area contributed by atoms with Gasteiger partial charge in [-0.1, -0.05) is 48.5 Å². The summed E-state index contributed by atoms with van der Waals surface area (Å²) in [6, 6.07) is 20.2. The minimum Gasteiger partial charge on any atom is -0.356 e. The smallest absolute Gasteiger partial charge is 0.222 e. The van der Waals surface area contributed by atoms with Crippen LogP contribution >= 0.6 is 35.7 Å². The number of benzene rings is 2. The summed E-state index contributed by atoms with van der Waals surface area (Å²) in [5.74, 6) is 1.69. The van der Waals surface area contributed by atoms with Crippen LogP contribution in [-0.4, -0.2) is 37.8 Å². The molecule has 146 valence electrons. The Hall–Kier alpha value is -1.74. The molecule has 0 fully saturated rings. The van der Waals surface area contributed by atoms with E-state index in [9.17, 15) is 4.79 Å². The highest BCUT2D eigenvalue weighted by atomic mass is 127. The van der Waals surface area contributed by atoms with Crippen LogP contribution < -0.4 is 16.0 Å². The van der Waals surface area contributed by atoms with Crippen LogP contribution in [0.5, 0.6) is 0 Å². The van der Waals surface area contributed by atoms with E-state index >= 15 is 0 Å². The topological polar surface area (TPSA) is 65.5 Å². The molecule has 0 unspecified atom stereocenters. The predicted octanol–water partition coefficient (Wildman–Crippen LogP) is 3.27. The number of carbonyl (C=O) groups is 1. The Balaban J connectivity index is 0.00000364. The molecule has 0 aliphatic rings. The molecule has 0 heterocycles. The van der Waals surface area contributed by atoms with Crippen molar-refractivity contribution >= 4 is 47.6 Å². The molecule has 1 amide bonds. The molecule has 2 rings (SSSR count). The average molecular weight is 498 g/mol. The molecular weight excluding hydrogens is 471 g/mol. The SMILES string of the molecule is CN=C(NCCSc1ccccc1)NCCC(=O)NCc1ccccc1.I. The lowest BCUT2D eigenvalue weighted by Gasteiger charge is -2.12. The number of hydrogen-bond donors (Lipinski definition) is 3. The van der Waals surface area contributed by atoms with Gasteiger partial charge < -0.3 is 16.0 Å². The Morgan fingerprint density at radius 2 is 1.56 bits per heavy atom. The van der Waals surface area contributed by atoms with Crippen LogP contribution in [0.25, 0.3) is 0 Å². The number of nitrogens with zero attached hydrogens (tertiary/aromatic N) is 1. The van der Waals surface area contributed by atoms with Crippen molar-refractivity contribution < 1.29 is 4.79 Å². The molecule has 0 spiro atoms. The molecule has 0 aliphatic carbocycles. The highest BCUT2D eigenvalue weighted by Gasteiger charge is 2.03. The van der Waals surface area contributed by atoms with Gasteiger partial charge in [0.2, 0.25) is 5.91 Å². The maximum atomic E-state index is 11.9. The number of nitrogens with one attached hydrogen (secondary N) is 3. The number of aliphatic imine (C=N–C) groups is 1. The molecular formula is C20H27IN4OS. The van der Waals surface area contributed by atoms with Gasteiger partial charge >= 0.3 is 0 Å². The van der Waals surface area contributed by atoms with Crippen molar-refractivity contribution in [3.05, 3.63) is 66.2 Å². The third kappa shape index (κ3) is 10.2. The first-order chi connectivity index (χ1) is 12.8. The summed E-state index contributed by atoms with van der Waals surface area (Å²) in [7, 11) is 1.73. The second-order valence-electron chi connectivity index (χ2n) is 5.60. The van der Waals surface area contributed by atoms with E-state index in [-0.39, 0.29) is 29.9 Å². The first kappa shape index (κ1) is 23.3. The van der Waals surface area contributed by atoms with Crippen molar-refractivity contribution in [2.75, 3.05) is 25.9 Å². The van der Waals surface area contributed by atoms with Crippen molar-refractivity contribution in [1.29, 1.82) is 0 Å². The van der Waals surface area contributed by atoms with E-state index in [0.29, 0.717) is 19.5 Å². The van der Waals surface area contributed by atoms with Gasteiger partial charge in [0.1, 0.15) is 0 Å². The van der Waals surface area contributed by atoms with E-state index in [2.05, 4.69) is 33.1 Å². The molecule has 5 nitrogen and oxygen atoms in total. The molecule has 27 heavy (non-hydrogen) atoms. The minimum atomic E-state index is 0. The minimum absolute atomic E-state index is 0. The van der Waals surface area contributed by atoms with E-state index < -0.39 is 0 Å². The van der Waals surface area contributed by atoms with Crippen LogP contribution in [0.4, 0.5) is 0 Å². The van der Waals surface area contributed by atoms with Crippen molar-refractivity contribution in [1.82, 2.24) is 16.0 Å². The van der Waals surface area contributed by atoms with Gasteiger partial charge in [-0.05, 0) is 17.7 Å². The standard InChI is InChI=1S/C20H26N4OS.HI/c1-21-20(23-14-15-26-18-10-6-3-7-11-18)22-13-12-19(25)24-16-17-8-4-2-5-9-17;/h2-11H,12-16H2,1H3,(H,24,25)(H2,21,22,23);1H. The van der Waals surface area contributed by atoms with Crippen molar-refractivity contribution in [3.63, 3.8) is 0 Å². The average Bonchev–Trinajstić information content (AvgIpc) is 2.70. The predicted molar refractivity (Wildman–Crippen MR) is 125 cm³/mol. The number of thioether (sulfide) groups is 1. The fourth-order valence-electron chi connectivity index (χ4n) is 2.25. The van der Waals surface area contributed by atoms with Gasteiger partial charge in [0, 0.05) is 43.8 Å². The fraction of sp³-hybridized carbons (Fsp3) is 0.300. The second kappa shape index (κ2) is 14.3. The van der Waals surface area contributed by atoms with E-state index in [1.165, 1.54) is 4.90 Å². The monoisotopic (exact) mass is 498 g/mol. The summed E-state index contributed by atoms with van der Waals surface area (Å²) in [5.41, 5.74) is 1.10. The Morgan fingerprint density at radius 1 is 0.926 bits per heavy atom. The van der Waals surface area contributed by atoms with E-state index in [1.807, 2.05) is 48.5 Å². The zero-order chi connectivity index (χ0) is 18.5. The largest absolute Gasteiger partial charge is 0.356 e. The molecule has 0 aromatic heterocycles. The molecule has 0 aliphatic heterocycles. The molecule has 0 saturated heterocycles. The number of hydrogen-bond acceptors (Lipinski definition) is 3. The summed E-state index contributed by atoms with van der Waals surface area (Å²) in [6.45, 7) is 1.91. The van der Waals surface area contributed by atoms with Gasteiger partial charge in [0.25, 0.3) is 0 Å². The first-order valence-corrected chi connectivity index (χ1v) is 9.69. The first-order valence-electron chi connectivity index (χ1n) is 8.71. The van der Waals surface area contributed by atoms with Gasteiger partial charge in [0.15, 0.2) is 5.96 Å². The number of guanidine groups is 1. The zero-order valence-corrected chi connectivity index (χ0v) is 18.6. The summed E-state index contributed by atoms with van der Waals surface area (Å²) in [6.07, 6.45) is 0.409. The lowest BCUT2D eigenvalue weighted by molar-refractivity contribution is -0.121. The quantitative estimate of drug-likeness (QED) is 0.163. The number of rotatable bonds is 9. The van der Waals surface area contributed by atoms with E-state index in [0.717, 1.165) is 23.8 Å². The lowest BCUT2D eigenvalue weighted by atomic mass is 10.2. The molecule has 7 heteroatoms. The van der Waals surface area contributed by atoms with Crippen LogP contribution in [0.3, 0.4) is 0 Å². The second-order valence-corrected chi connectivity index (χ2v) is 6.77. The number of carbonyl (C=O) groups excluding carboxylic acids is 1. The van der Waals surface area contributed by atoms with Gasteiger partial charge in [-0.25, -0.2) is 0 Å². The highest BCUT2D eigenvalue weighted by Crippen LogP contribution is 2.15. The molecule has 3 N–H and O–H groups in total. The van der Waals surface area contributed by atoms with Crippen molar-refractivity contribution in [2.45, 2.75) is 17.9 Å². The van der Waals surface area contributed by atoms with Gasteiger partial charge in [0.05, 0.1) is 0 Å². The van der Waals surface area contributed by atoms with Crippen LogP contribution in [0, 0.1) is 0 Å². The summed E-state index contributed by atoms with van der Waals surface area (Å²) < 4.78 is 0. The van der Waals surface area contributed by atoms with Crippen LogP contribution in [0.2, 0.25) is 0 Å². The molecule has 0 bridgehead atoms. The summed E-state index contributed by atoms with van der Waals surface area (Å²) >= 11 is 1.80. The lowest BCUT2D eigenvalue weighted by Crippen LogP contribution is -2.40. The molecule has 0 radical (unpaired) electrons. The normalized spacial score (nSPS) is 10.6. The zero-order valence-electron chi connectivity index (χ0n) is 15.5. The third-order valence-electron chi connectivity index (χ3n) is 3.61. The number of halogens is 1. The Kier molecular flexibility index (Phi) is 12.4. The number of amides is 1. The van der Waals surface area contributed by atoms with Crippen molar-refractivity contribution in [3.8, 4) is 0 Å². The maximum Gasteiger partial charge on any atom is 0.222 e. The van der Waals surface area contributed by atoms with Gasteiger partial charge in [-0.2, -0.15) is 0 Å². The maximum absolute atomic E-state index is 11.9. The van der Waals surface area contributed by atoms with E-state index in [4.69, 9.17) is 0 Å². The Labute approximate surface area is 182 Å². The fourth-order valence-corrected chi connectivity index (χ4v) is 3.04. The summed E-state index contributed by atoms with van der Waals surface area (Å²) in [5, 5.41) is 9.34. The van der Waals surface area contributed by atoms with Gasteiger partial charge in [-0.15, -0.1) is 35.7 Å². The van der Waals surface area contributed by atoms with Gasteiger partial charge in [-0.3, -0.25) is 9.79 Å².